The zero-order chi connectivity index (χ0) is 18.8. The van der Waals surface area contributed by atoms with Crippen LogP contribution in [0.25, 0.3) is 0 Å². The number of methoxy groups -OCH3 is 1. The van der Waals surface area contributed by atoms with Crippen molar-refractivity contribution in [3.05, 3.63) is 22.5 Å². The van der Waals surface area contributed by atoms with E-state index in [0.29, 0.717) is 35.6 Å². The molecule has 0 bridgehead atoms. The van der Waals surface area contributed by atoms with E-state index in [1.807, 2.05) is 4.90 Å². The van der Waals surface area contributed by atoms with Gasteiger partial charge in [0.05, 0.1) is 18.6 Å². The number of aryl methyl sites for hydroxylation is 1. The minimum Gasteiger partial charge on any atom is -0.465 e. The van der Waals surface area contributed by atoms with Gasteiger partial charge in [0.1, 0.15) is 5.69 Å². The van der Waals surface area contributed by atoms with Crippen LogP contribution in [0, 0.1) is 19.8 Å². The molecule has 2 aliphatic heterocycles. The van der Waals surface area contributed by atoms with Crippen molar-refractivity contribution in [1.29, 1.82) is 0 Å². The van der Waals surface area contributed by atoms with Crippen LogP contribution in [0.5, 0.6) is 0 Å². The Balaban J connectivity index is 1.75. The number of piperidine rings is 1. The van der Waals surface area contributed by atoms with Gasteiger partial charge < -0.3 is 19.5 Å². The highest BCUT2D eigenvalue weighted by Crippen LogP contribution is 2.25. The van der Waals surface area contributed by atoms with Gasteiger partial charge in [0.2, 0.25) is 5.91 Å². The maximum atomic E-state index is 13.0. The first kappa shape index (κ1) is 18.5. The fraction of sp³-hybridized carbons (Fsp3) is 0.632. The van der Waals surface area contributed by atoms with Crippen LogP contribution in [0.2, 0.25) is 0 Å². The molecule has 2 aliphatic rings. The van der Waals surface area contributed by atoms with Crippen LogP contribution in [0.15, 0.2) is 0 Å². The van der Waals surface area contributed by atoms with Gasteiger partial charge in [-0.25, -0.2) is 4.79 Å². The number of esters is 1. The second kappa shape index (κ2) is 7.51. The largest absolute Gasteiger partial charge is 0.465 e. The van der Waals surface area contributed by atoms with E-state index < -0.39 is 5.97 Å². The van der Waals surface area contributed by atoms with E-state index in [4.69, 9.17) is 4.74 Å². The lowest BCUT2D eigenvalue weighted by Crippen LogP contribution is -2.46. The molecule has 2 fully saturated rings. The topological polar surface area (TPSA) is 82.7 Å². The number of nitrogens with zero attached hydrogens (tertiary/aromatic N) is 2. The van der Waals surface area contributed by atoms with Gasteiger partial charge in [-0.1, -0.05) is 0 Å². The summed E-state index contributed by atoms with van der Waals surface area (Å²) in [5, 5.41) is 0. The number of likely N-dealkylation sites (tertiary alicyclic amines) is 2. The first-order valence-electron chi connectivity index (χ1n) is 9.29. The summed E-state index contributed by atoms with van der Waals surface area (Å²) in [4.78, 5) is 44.3. The Morgan fingerprint density at radius 2 is 1.69 bits per heavy atom. The van der Waals surface area contributed by atoms with Crippen molar-refractivity contribution >= 4 is 17.8 Å². The molecule has 2 saturated heterocycles. The predicted molar refractivity (Wildman–Crippen MR) is 96.0 cm³/mol. The van der Waals surface area contributed by atoms with E-state index in [-0.39, 0.29) is 17.7 Å². The molecular formula is C19H27N3O4. The maximum Gasteiger partial charge on any atom is 0.339 e. The van der Waals surface area contributed by atoms with Crippen molar-refractivity contribution in [2.45, 2.75) is 39.5 Å². The maximum absolute atomic E-state index is 13.0. The third-order valence-electron chi connectivity index (χ3n) is 5.52. The fourth-order valence-electron chi connectivity index (χ4n) is 4.09. The number of aromatic amines is 1. The normalized spacial score (nSPS) is 20.3. The molecule has 1 N–H and O–H groups in total. The van der Waals surface area contributed by atoms with Crippen LogP contribution < -0.4 is 0 Å². The third-order valence-corrected chi connectivity index (χ3v) is 5.52. The molecule has 7 heteroatoms. The van der Waals surface area contributed by atoms with Gasteiger partial charge in [0.25, 0.3) is 5.91 Å². The summed E-state index contributed by atoms with van der Waals surface area (Å²) in [6.45, 7) is 6.25. The van der Waals surface area contributed by atoms with Crippen molar-refractivity contribution < 1.29 is 19.1 Å². The molecule has 2 amide bonds. The number of carbonyl (C=O) groups is 3. The lowest BCUT2D eigenvalue weighted by molar-refractivity contribution is -0.135. The summed E-state index contributed by atoms with van der Waals surface area (Å²) < 4.78 is 4.81. The SMILES string of the molecule is COC(=O)c1c(C)[nH]c(C(=O)N2CCCC(C(=O)N3CCCC3)C2)c1C. The Hall–Kier alpha value is -2.31. The quantitative estimate of drug-likeness (QED) is 0.834. The van der Waals surface area contributed by atoms with Gasteiger partial charge in [-0.15, -0.1) is 0 Å². The van der Waals surface area contributed by atoms with Crippen LogP contribution in [-0.2, 0) is 9.53 Å². The number of hydrogen-bond donors (Lipinski definition) is 1. The van der Waals surface area contributed by atoms with E-state index in [1.165, 1.54) is 7.11 Å². The second-order valence-electron chi connectivity index (χ2n) is 7.24. The summed E-state index contributed by atoms with van der Waals surface area (Å²) in [5.41, 5.74) is 2.06. The third kappa shape index (κ3) is 3.34. The fourth-order valence-corrected chi connectivity index (χ4v) is 4.09. The summed E-state index contributed by atoms with van der Waals surface area (Å²) in [7, 11) is 1.33. The highest BCUT2D eigenvalue weighted by atomic mass is 16.5. The van der Waals surface area contributed by atoms with Crippen LogP contribution in [0.1, 0.15) is 57.8 Å². The Bertz CT molecular complexity index is 719. The highest BCUT2D eigenvalue weighted by molar-refractivity contribution is 6.00. The van der Waals surface area contributed by atoms with Crippen LogP contribution >= 0.6 is 0 Å². The lowest BCUT2D eigenvalue weighted by atomic mass is 9.96. The standard InChI is InChI=1S/C19H27N3O4/c1-12-15(19(25)26-3)13(2)20-16(12)18(24)22-10-6-7-14(11-22)17(23)21-8-4-5-9-21/h14,20H,4-11H2,1-3H3. The monoisotopic (exact) mass is 361 g/mol. The van der Waals surface area contributed by atoms with Gasteiger partial charge in [-0.05, 0) is 45.1 Å². The number of aromatic nitrogens is 1. The summed E-state index contributed by atoms with van der Waals surface area (Å²) in [5.74, 6) is -0.549. The van der Waals surface area contributed by atoms with Crippen molar-refractivity contribution in [2.24, 2.45) is 5.92 Å². The van der Waals surface area contributed by atoms with Gasteiger partial charge in [0, 0.05) is 31.9 Å². The molecule has 0 aromatic carbocycles. The predicted octanol–water partition coefficient (Wildman–Crippen LogP) is 1.89. The van der Waals surface area contributed by atoms with Crippen LogP contribution in [0.3, 0.4) is 0 Å². The number of carbonyl (C=O) groups excluding carboxylic acids is 3. The molecule has 1 aromatic rings. The second-order valence-corrected chi connectivity index (χ2v) is 7.24. The average Bonchev–Trinajstić information content (AvgIpc) is 3.28. The van der Waals surface area contributed by atoms with Crippen LogP contribution in [-0.4, -0.2) is 65.9 Å². The Kier molecular flexibility index (Phi) is 5.34. The van der Waals surface area contributed by atoms with E-state index in [2.05, 4.69) is 4.98 Å². The van der Waals surface area contributed by atoms with Gasteiger partial charge in [0.15, 0.2) is 0 Å². The first-order chi connectivity index (χ1) is 12.4. The molecular weight excluding hydrogens is 334 g/mol. The zero-order valence-electron chi connectivity index (χ0n) is 15.8. The van der Waals surface area contributed by atoms with Crippen molar-refractivity contribution in [1.82, 2.24) is 14.8 Å². The highest BCUT2D eigenvalue weighted by Gasteiger charge is 2.34. The molecule has 0 saturated carbocycles. The lowest BCUT2D eigenvalue weighted by Gasteiger charge is -2.33. The molecule has 7 nitrogen and oxygen atoms in total. The van der Waals surface area contributed by atoms with E-state index >= 15 is 0 Å². The van der Waals surface area contributed by atoms with E-state index in [9.17, 15) is 14.4 Å². The molecule has 1 atom stereocenters. The van der Waals surface area contributed by atoms with Gasteiger partial charge in [-0.2, -0.15) is 0 Å². The number of amides is 2. The Morgan fingerprint density at radius 3 is 2.35 bits per heavy atom. The molecule has 1 unspecified atom stereocenters. The number of ether oxygens (including phenoxy) is 1. The molecule has 0 spiro atoms. The molecule has 1 aromatic heterocycles. The van der Waals surface area contributed by atoms with E-state index in [0.717, 1.165) is 38.8 Å². The number of nitrogens with one attached hydrogen (secondary N) is 1. The first-order valence-corrected chi connectivity index (χ1v) is 9.29. The van der Waals surface area contributed by atoms with Crippen molar-refractivity contribution in [3.8, 4) is 0 Å². The van der Waals surface area contributed by atoms with Gasteiger partial charge >= 0.3 is 5.97 Å². The van der Waals surface area contributed by atoms with Crippen molar-refractivity contribution in [2.75, 3.05) is 33.3 Å². The molecule has 3 rings (SSSR count). The minimum atomic E-state index is -0.448. The molecule has 142 valence electrons. The van der Waals surface area contributed by atoms with Crippen molar-refractivity contribution in [3.63, 3.8) is 0 Å². The Labute approximate surface area is 153 Å². The number of H-pyrrole nitrogens is 1. The van der Waals surface area contributed by atoms with E-state index in [1.54, 1.807) is 18.7 Å². The summed E-state index contributed by atoms with van der Waals surface area (Å²) in [6, 6.07) is 0. The molecule has 3 heterocycles. The zero-order valence-corrected chi connectivity index (χ0v) is 15.8. The molecule has 0 aliphatic carbocycles. The van der Waals surface area contributed by atoms with Crippen LogP contribution in [0.4, 0.5) is 0 Å². The number of rotatable bonds is 3. The average molecular weight is 361 g/mol. The van der Waals surface area contributed by atoms with Gasteiger partial charge in [-0.3, -0.25) is 9.59 Å². The smallest absolute Gasteiger partial charge is 0.339 e. The summed E-state index contributed by atoms with van der Waals surface area (Å²) >= 11 is 0. The molecule has 26 heavy (non-hydrogen) atoms. The summed E-state index contributed by atoms with van der Waals surface area (Å²) in [6.07, 6.45) is 3.78. The minimum absolute atomic E-state index is 0.123. The number of hydrogen-bond acceptors (Lipinski definition) is 4. The Morgan fingerprint density at radius 1 is 1.04 bits per heavy atom. The molecule has 0 radical (unpaired) electrons.